The van der Waals surface area contributed by atoms with Crippen molar-refractivity contribution < 1.29 is 92.2 Å². The van der Waals surface area contributed by atoms with Gasteiger partial charge >= 0.3 is 38.0 Å². The van der Waals surface area contributed by atoms with E-state index in [2.05, 4.69) is 0 Å². The highest BCUT2D eigenvalue weighted by molar-refractivity contribution is 7.72. The number of aliphatic hydroxyl groups is 4. The third kappa shape index (κ3) is 16.0. The highest BCUT2D eigenvalue weighted by Crippen LogP contribution is 2.69. The first-order valence-corrected chi connectivity index (χ1v) is 24.7. The Kier molecular flexibility index (Phi) is 18.9. The Morgan fingerprint density at radius 1 is 0.377 bits per heavy atom. The van der Waals surface area contributed by atoms with Gasteiger partial charge in [0.2, 0.25) is 0 Å². The molecule has 0 aromatic heterocycles. The first-order chi connectivity index (χ1) is 23.6. The van der Waals surface area contributed by atoms with Crippen molar-refractivity contribution >= 4 is 38.0 Å². The third-order valence-corrected chi connectivity index (χ3v) is 18.0. The van der Waals surface area contributed by atoms with Crippen molar-refractivity contribution in [2.45, 2.75) is 80.4 Å². The molecular weight excluding hydrogens is 815 g/mol. The van der Waals surface area contributed by atoms with Gasteiger partial charge in [-0.1, -0.05) is 0 Å². The van der Waals surface area contributed by atoms with Crippen LogP contribution in [0.5, 0.6) is 0 Å². The maximum atomic E-state index is 12.0. The van der Waals surface area contributed by atoms with Crippen LogP contribution in [0.3, 0.4) is 0 Å². The van der Waals surface area contributed by atoms with Gasteiger partial charge in [-0.15, -0.1) is 0 Å². The van der Waals surface area contributed by atoms with Crippen molar-refractivity contribution in [3.63, 3.8) is 0 Å². The molecule has 3 unspecified atom stereocenters. The van der Waals surface area contributed by atoms with Gasteiger partial charge in [-0.2, -0.15) is 0 Å². The summed E-state index contributed by atoms with van der Waals surface area (Å²) in [6.45, 7) is 3.58. The van der Waals surface area contributed by atoms with Gasteiger partial charge in [-0.05, 0) is 59.8 Å². The smallest absolute Gasteiger partial charge is 0.369 e. The van der Waals surface area contributed by atoms with Crippen LogP contribution >= 0.6 is 38.0 Å². The molecule has 1 fully saturated rings. The van der Waals surface area contributed by atoms with E-state index in [1.807, 2.05) is 0 Å². The standard InChI is InChI=1S/C25H59N4O19P5/c1-22(30,49(34,35)36)6-14-26-10-4-11-28(16-8-24(3,32)51(40,41)42)20-21-29(17-9-25(33,52(43,44)45)53(46,47)48)13-5-12-27(19-18-26)15-7-23(2,31)50(37,38)39/h30-33H,4-21H2,1-3H3,(H2,34,35,36)(H2,37,38,39)(H2,40,41,42)(H2,43,44,45)(H2,46,47,48). The van der Waals surface area contributed by atoms with Gasteiger partial charge in [0.1, 0.15) is 0 Å². The molecule has 1 saturated heterocycles. The van der Waals surface area contributed by atoms with Crippen LogP contribution in [0, 0.1) is 0 Å². The zero-order valence-electron chi connectivity index (χ0n) is 30.1. The minimum Gasteiger partial charge on any atom is -0.377 e. The molecule has 1 rings (SSSR count). The second-order valence-electron chi connectivity index (χ2n) is 14.2. The Morgan fingerprint density at radius 3 is 0.774 bits per heavy atom. The molecule has 1 aliphatic heterocycles. The summed E-state index contributed by atoms with van der Waals surface area (Å²) in [4.78, 5) is 103. The monoisotopic (exact) mass is 874 g/mol. The van der Waals surface area contributed by atoms with Crippen molar-refractivity contribution in [3.05, 3.63) is 0 Å². The number of hydrogen-bond acceptors (Lipinski definition) is 13. The molecule has 318 valence electrons. The van der Waals surface area contributed by atoms with Gasteiger partial charge in [0, 0.05) is 78.0 Å². The van der Waals surface area contributed by atoms with E-state index < -0.39 is 78.5 Å². The summed E-state index contributed by atoms with van der Waals surface area (Å²) in [6, 6.07) is 0. The average Bonchev–Trinajstić information content (AvgIpc) is 2.96. The number of nitrogens with zero attached hydrogens (tertiary/aromatic N) is 4. The van der Waals surface area contributed by atoms with Crippen LogP contribution in [0.25, 0.3) is 0 Å². The van der Waals surface area contributed by atoms with Crippen LogP contribution in [0.1, 0.15) is 59.3 Å². The van der Waals surface area contributed by atoms with E-state index in [9.17, 15) is 92.2 Å². The lowest BCUT2D eigenvalue weighted by Crippen LogP contribution is -2.44. The van der Waals surface area contributed by atoms with E-state index in [0.29, 0.717) is 6.42 Å². The zero-order valence-corrected chi connectivity index (χ0v) is 34.5. The SMILES string of the molecule is CC(O)(CCN1CCCN(CCC(C)(O)P(=O)(O)O)CCN(CCC(O)(P(=O)(O)O)P(=O)(O)O)CCCN(CCC(C)(O)P(=O)(O)O)CC1)P(=O)(O)O. The fourth-order valence-corrected chi connectivity index (χ4v) is 8.57. The van der Waals surface area contributed by atoms with Gasteiger partial charge < -0.3 is 89.0 Å². The van der Waals surface area contributed by atoms with Crippen molar-refractivity contribution in [1.29, 1.82) is 0 Å². The molecule has 53 heavy (non-hydrogen) atoms. The summed E-state index contributed by atoms with van der Waals surface area (Å²) in [7, 11) is -26.4. The van der Waals surface area contributed by atoms with E-state index in [-0.39, 0.29) is 91.3 Å². The van der Waals surface area contributed by atoms with Crippen LogP contribution in [0.15, 0.2) is 0 Å². The Morgan fingerprint density at radius 2 is 0.585 bits per heavy atom. The highest BCUT2D eigenvalue weighted by atomic mass is 31.2. The van der Waals surface area contributed by atoms with E-state index in [4.69, 9.17) is 0 Å². The molecule has 0 bridgehead atoms. The van der Waals surface area contributed by atoms with Crippen molar-refractivity contribution in [2.24, 2.45) is 0 Å². The third-order valence-electron chi connectivity index (χ3n) is 9.65. The predicted molar refractivity (Wildman–Crippen MR) is 191 cm³/mol. The quantitative estimate of drug-likeness (QED) is 0.0718. The largest absolute Gasteiger partial charge is 0.377 e. The maximum Gasteiger partial charge on any atom is 0.369 e. The molecule has 0 amide bonds. The summed E-state index contributed by atoms with van der Waals surface area (Å²) < 4.78 is 59.6. The minimum atomic E-state index is -5.78. The van der Waals surface area contributed by atoms with Gasteiger partial charge in [0.15, 0.2) is 16.0 Å². The molecule has 0 radical (unpaired) electrons. The molecule has 0 spiro atoms. The predicted octanol–water partition coefficient (Wildman–Crippen LogP) is -1.79. The molecule has 3 atom stereocenters. The maximum absolute atomic E-state index is 12.0. The Balaban J connectivity index is 3.46. The topological polar surface area (TPSA) is 382 Å². The first-order valence-electron chi connectivity index (χ1n) is 16.6. The van der Waals surface area contributed by atoms with Crippen molar-refractivity contribution in [3.8, 4) is 0 Å². The lowest BCUT2D eigenvalue weighted by Gasteiger charge is -2.35. The summed E-state index contributed by atoms with van der Waals surface area (Å²) in [5.74, 6) is 0. The van der Waals surface area contributed by atoms with Crippen molar-refractivity contribution in [1.82, 2.24) is 19.6 Å². The summed E-state index contributed by atoms with van der Waals surface area (Å²) in [5.41, 5.74) is 0. The molecule has 14 N–H and O–H groups in total. The van der Waals surface area contributed by atoms with E-state index in [0.717, 1.165) is 20.8 Å². The number of hydrogen-bond donors (Lipinski definition) is 14. The summed E-state index contributed by atoms with van der Waals surface area (Å²) in [6.07, 6.45) is -1.63. The fourth-order valence-electron chi connectivity index (χ4n) is 5.26. The van der Waals surface area contributed by atoms with Gasteiger partial charge in [0.05, 0.1) is 0 Å². The Bertz CT molecular complexity index is 1380. The molecule has 0 aliphatic carbocycles. The second-order valence-corrected chi connectivity index (χ2v) is 24.4. The average molecular weight is 875 g/mol. The summed E-state index contributed by atoms with van der Waals surface area (Å²) in [5, 5.41) is 30.9. The van der Waals surface area contributed by atoms with Crippen molar-refractivity contribution in [2.75, 3.05) is 78.5 Å². The molecular formula is C25H59N4O19P5. The first kappa shape index (κ1) is 51.4. The van der Waals surface area contributed by atoms with Gasteiger partial charge in [0.25, 0.3) is 5.08 Å². The summed E-state index contributed by atoms with van der Waals surface area (Å²) >= 11 is 0. The molecule has 0 aromatic rings. The lowest BCUT2D eigenvalue weighted by molar-refractivity contribution is 0.0692. The lowest BCUT2D eigenvalue weighted by atomic mass is 10.2. The molecule has 1 aliphatic rings. The minimum absolute atomic E-state index is 0.00507. The highest BCUT2D eigenvalue weighted by Gasteiger charge is 2.59. The molecule has 28 heteroatoms. The van der Waals surface area contributed by atoms with Gasteiger partial charge in [-0.25, -0.2) is 0 Å². The van der Waals surface area contributed by atoms with Crippen LogP contribution in [0.4, 0.5) is 0 Å². The molecule has 0 aromatic carbocycles. The Hall–Kier alpha value is 0.430. The van der Waals surface area contributed by atoms with Crippen LogP contribution < -0.4 is 0 Å². The normalized spacial score (nSPS) is 22.4. The molecule has 0 saturated carbocycles. The van der Waals surface area contributed by atoms with Gasteiger partial charge in [-0.3, -0.25) is 22.8 Å². The Labute approximate surface area is 308 Å². The van der Waals surface area contributed by atoms with Crippen LogP contribution in [-0.4, -0.2) is 189 Å². The number of rotatable bonds is 17. The molecule has 1 heterocycles. The van der Waals surface area contributed by atoms with E-state index in [1.165, 1.54) is 4.90 Å². The molecule has 23 nitrogen and oxygen atoms in total. The van der Waals surface area contributed by atoms with E-state index >= 15 is 0 Å². The second kappa shape index (κ2) is 19.5. The zero-order chi connectivity index (χ0) is 41.5. The van der Waals surface area contributed by atoms with E-state index in [1.54, 1.807) is 14.7 Å². The van der Waals surface area contributed by atoms with Crippen LogP contribution in [-0.2, 0) is 22.8 Å². The van der Waals surface area contributed by atoms with Crippen LogP contribution in [0.2, 0.25) is 0 Å². The fraction of sp³-hybridized carbons (Fsp3) is 1.00.